The number of ether oxygens (including phenoxy) is 2. The second-order valence-electron chi connectivity index (χ2n) is 5.60. The maximum Gasteiger partial charge on any atom is 0.228 e. The van der Waals surface area contributed by atoms with Crippen LogP contribution in [0.3, 0.4) is 0 Å². The van der Waals surface area contributed by atoms with Gasteiger partial charge in [-0.1, -0.05) is 6.07 Å². The predicted molar refractivity (Wildman–Crippen MR) is 94.4 cm³/mol. The average Bonchev–Trinajstić information content (AvgIpc) is 2.97. The Bertz CT molecular complexity index is 876. The van der Waals surface area contributed by atoms with Crippen LogP contribution in [0.25, 0.3) is 10.9 Å². The lowest BCUT2D eigenvalue weighted by molar-refractivity contribution is -0.115. The largest absolute Gasteiger partial charge is 0.491 e. The van der Waals surface area contributed by atoms with Crippen molar-refractivity contribution >= 4 is 22.5 Å². The fourth-order valence-electron chi connectivity index (χ4n) is 2.59. The zero-order valence-corrected chi connectivity index (χ0v) is 13.8. The molecule has 1 heterocycles. The lowest BCUT2D eigenvalue weighted by atomic mass is 10.1. The Balaban J connectivity index is 1.64. The first-order valence-electron chi connectivity index (χ1n) is 7.93. The smallest absolute Gasteiger partial charge is 0.228 e. The molecule has 1 aromatic heterocycles. The summed E-state index contributed by atoms with van der Waals surface area (Å²) in [4.78, 5) is 15.3. The molecule has 0 bridgehead atoms. The summed E-state index contributed by atoms with van der Waals surface area (Å²) in [6, 6.07) is 11.7. The number of rotatable bonds is 7. The van der Waals surface area contributed by atoms with E-state index in [-0.39, 0.29) is 18.1 Å². The van der Waals surface area contributed by atoms with Crippen LogP contribution in [0.1, 0.15) is 5.56 Å². The fraction of sp³-hybridized carbons (Fsp3) is 0.211. The molecule has 0 aliphatic rings. The van der Waals surface area contributed by atoms with E-state index in [2.05, 4.69) is 10.3 Å². The van der Waals surface area contributed by atoms with Crippen molar-refractivity contribution in [2.75, 3.05) is 25.6 Å². The van der Waals surface area contributed by atoms with Crippen molar-refractivity contribution in [3.63, 3.8) is 0 Å². The Kier molecular flexibility index (Phi) is 5.30. The van der Waals surface area contributed by atoms with E-state index in [9.17, 15) is 9.18 Å². The first-order valence-corrected chi connectivity index (χ1v) is 7.93. The SMILES string of the molecule is COCCOc1cccc(NC(=O)Cc2c[nH]c3cc(F)ccc23)c1. The van der Waals surface area contributed by atoms with Crippen LogP contribution in [0, 0.1) is 5.82 Å². The molecule has 2 aromatic carbocycles. The minimum Gasteiger partial charge on any atom is -0.491 e. The molecule has 0 saturated carbocycles. The zero-order chi connectivity index (χ0) is 17.6. The van der Waals surface area contributed by atoms with Gasteiger partial charge in [0.2, 0.25) is 5.91 Å². The number of aromatic amines is 1. The maximum atomic E-state index is 13.2. The number of hydrogen-bond acceptors (Lipinski definition) is 3. The van der Waals surface area contributed by atoms with Crippen LogP contribution in [0.15, 0.2) is 48.7 Å². The molecule has 130 valence electrons. The van der Waals surface area contributed by atoms with Crippen molar-refractivity contribution in [1.82, 2.24) is 4.98 Å². The van der Waals surface area contributed by atoms with Gasteiger partial charge in [-0.3, -0.25) is 4.79 Å². The van der Waals surface area contributed by atoms with Gasteiger partial charge in [0.25, 0.3) is 0 Å². The molecule has 0 fully saturated rings. The number of fused-ring (bicyclic) bond motifs is 1. The number of H-pyrrole nitrogens is 1. The molecule has 0 aliphatic heterocycles. The molecule has 3 rings (SSSR count). The van der Waals surface area contributed by atoms with Gasteiger partial charge in [0, 0.05) is 36.0 Å². The van der Waals surface area contributed by atoms with E-state index in [4.69, 9.17) is 9.47 Å². The molecule has 0 aliphatic carbocycles. The molecular weight excluding hydrogens is 323 g/mol. The Morgan fingerprint density at radius 1 is 1.20 bits per heavy atom. The van der Waals surface area contributed by atoms with Crippen molar-refractivity contribution in [1.29, 1.82) is 0 Å². The number of carbonyl (C=O) groups is 1. The quantitative estimate of drug-likeness (QED) is 0.646. The van der Waals surface area contributed by atoms with E-state index in [1.165, 1.54) is 12.1 Å². The van der Waals surface area contributed by atoms with Crippen molar-refractivity contribution in [3.05, 3.63) is 60.0 Å². The number of amides is 1. The van der Waals surface area contributed by atoms with E-state index < -0.39 is 0 Å². The third-order valence-electron chi connectivity index (χ3n) is 3.75. The molecule has 0 atom stereocenters. The second-order valence-corrected chi connectivity index (χ2v) is 5.60. The highest BCUT2D eigenvalue weighted by atomic mass is 19.1. The number of halogens is 1. The van der Waals surface area contributed by atoms with Crippen LogP contribution in [0.2, 0.25) is 0 Å². The van der Waals surface area contributed by atoms with Gasteiger partial charge in [-0.2, -0.15) is 0 Å². The third kappa shape index (κ3) is 4.36. The van der Waals surface area contributed by atoms with Crippen LogP contribution in [-0.4, -0.2) is 31.2 Å². The Hall–Kier alpha value is -2.86. The van der Waals surface area contributed by atoms with Gasteiger partial charge >= 0.3 is 0 Å². The summed E-state index contributed by atoms with van der Waals surface area (Å²) < 4.78 is 23.7. The standard InChI is InChI=1S/C19H19FN2O3/c1-24-7-8-25-16-4-2-3-15(11-16)22-19(23)9-13-12-21-18-10-14(20)5-6-17(13)18/h2-6,10-12,21H,7-9H2,1H3,(H,22,23). The van der Waals surface area contributed by atoms with Gasteiger partial charge in [-0.05, 0) is 35.9 Å². The van der Waals surface area contributed by atoms with E-state index in [1.807, 2.05) is 12.1 Å². The number of nitrogens with one attached hydrogen (secondary N) is 2. The van der Waals surface area contributed by atoms with Gasteiger partial charge < -0.3 is 19.8 Å². The van der Waals surface area contributed by atoms with Gasteiger partial charge in [0.1, 0.15) is 18.2 Å². The molecule has 3 aromatic rings. The number of benzene rings is 2. The number of aromatic nitrogens is 1. The van der Waals surface area contributed by atoms with Crippen LogP contribution >= 0.6 is 0 Å². The van der Waals surface area contributed by atoms with E-state index >= 15 is 0 Å². The summed E-state index contributed by atoms with van der Waals surface area (Å²) >= 11 is 0. The van der Waals surface area contributed by atoms with Gasteiger partial charge in [-0.25, -0.2) is 4.39 Å². The molecule has 0 unspecified atom stereocenters. The zero-order valence-electron chi connectivity index (χ0n) is 13.8. The summed E-state index contributed by atoms with van der Waals surface area (Å²) in [6.45, 7) is 0.942. The Labute approximate surface area is 144 Å². The molecule has 0 spiro atoms. The first kappa shape index (κ1) is 17.0. The lowest BCUT2D eigenvalue weighted by Crippen LogP contribution is -2.14. The molecule has 0 radical (unpaired) electrons. The van der Waals surface area contributed by atoms with Crippen LogP contribution < -0.4 is 10.1 Å². The molecular formula is C19H19FN2O3. The fourth-order valence-corrected chi connectivity index (χ4v) is 2.59. The molecule has 25 heavy (non-hydrogen) atoms. The first-order chi connectivity index (χ1) is 12.2. The topological polar surface area (TPSA) is 63.4 Å². The van der Waals surface area contributed by atoms with Gasteiger partial charge in [-0.15, -0.1) is 0 Å². The highest BCUT2D eigenvalue weighted by Gasteiger charge is 2.10. The van der Waals surface area contributed by atoms with Crippen molar-refractivity contribution < 1.29 is 18.7 Å². The predicted octanol–water partition coefficient (Wildman–Crippen LogP) is 3.51. The summed E-state index contributed by atoms with van der Waals surface area (Å²) in [6.07, 6.45) is 1.92. The normalized spacial score (nSPS) is 10.8. The summed E-state index contributed by atoms with van der Waals surface area (Å²) in [5.41, 5.74) is 2.15. The van der Waals surface area contributed by atoms with E-state index in [1.54, 1.807) is 31.5 Å². The monoisotopic (exact) mass is 342 g/mol. The Morgan fingerprint density at radius 3 is 2.92 bits per heavy atom. The van der Waals surface area contributed by atoms with Crippen molar-refractivity contribution in [3.8, 4) is 5.75 Å². The van der Waals surface area contributed by atoms with E-state index in [0.29, 0.717) is 30.2 Å². The average molecular weight is 342 g/mol. The maximum absolute atomic E-state index is 13.2. The van der Waals surface area contributed by atoms with Gasteiger partial charge in [0.15, 0.2) is 0 Å². The van der Waals surface area contributed by atoms with E-state index in [0.717, 1.165) is 10.9 Å². The molecule has 5 nitrogen and oxygen atoms in total. The Morgan fingerprint density at radius 2 is 2.08 bits per heavy atom. The number of carbonyl (C=O) groups excluding carboxylic acids is 1. The number of methoxy groups -OCH3 is 1. The lowest BCUT2D eigenvalue weighted by Gasteiger charge is -2.09. The summed E-state index contributed by atoms with van der Waals surface area (Å²) in [7, 11) is 1.61. The summed E-state index contributed by atoms with van der Waals surface area (Å²) in [5.74, 6) is 0.201. The third-order valence-corrected chi connectivity index (χ3v) is 3.75. The molecule has 2 N–H and O–H groups in total. The number of hydrogen-bond donors (Lipinski definition) is 2. The van der Waals surface area contributed by atoms with Crippen LogP contribution in [-0.2, 0) is 16.0 Å². The molecule has 6 heteroatoms. The van der Waals surface area contributed by atoms with Crippen molar-refractivity contribution in [2.24, 2.45) is 0 Å². The minimum atomic E-state index is -0.310. The van der Waals surface area contributed by atoms with Crippen molar-refractivity contribution in [2.45, 2.75) is 6.42 Å². The van der Waals surface area contributed by atoms with Gasteiger partial charge in [0.05, 0.1) is 13.0 Å². The van der Waals surface area contributed by atoms with Crippen LogP contribution in [0.5, 0.6) is 5.75 Å². The molecule has 0 saturated heterocycles. The second kappa shape index (κ2) is 7.81. The summed E-state index contributed by atoms with van der Waals surface area (Å²) in [5, 5.41) is 3.69. The highest BCUT2D eigenvalue weighted by molar-refractivity contribution is 5.95. The molecule has 1 amide bonds. The van der Waals surface area contributed by atoms with Crippen LogP contribution in [0.4, 0.5) is 10.1 Å². The minimum absolute atomic E-state index is 0.153. The highest BCUT2D eigenvalue weighted by Crippen LogP contribution is 2.21. The number of anilines is 1.